The lowest BCUT2D eigenvalue weighted by atomic mass is 10.2. The predicted octanol–water partition coefficient (Wildman–Crippen LogP) is 4.53. The van der Waals surface area contributed by atoms with E-state index in [4.69, 9.17) is 0 Å². The summed E-state index contributed by atoms with van der Waals surface area (Å²) in [6, 6.07) is 2.15. The smallest absolute Gasteiger partial charge is 0.190 e. The fourth-order valence-corrected chi connectivity index (χ4v) is 1.98. The van der Waals surface area contributed by atoms with Crippen LogP contribution in [0.4, 0.5) is 22.0 Å². The largest absolute Gasteiger partial charge is 0.458 e. The Balaban J connectivity index is 3.06. The number of thiophene rings is 1. The molecule has 0 spiro atoms. The van der Waals surface area contributed by atoms with Gasteiger partial charge in [0.05, 0.1) is 4.88 Å². The van der Waals surface area contributed by atoms with Crippen LogP contribution in [0.15, 0.2) is 12.1 Å². The van der Waals surface area contributed by atoms with E-state index in [2.05, 4.69) is 0 Å². The second kappa shape index (κ2) is 3.73. The van der Waals surface area contributed by atoms with Gasteiger partial charge in [0.2, 0.25) is 0 Å². The summed E-state index contributed by atoms with van der Waals surface area (Å²) >= 11 is 0.505. The first-order chi connectivity index (χ1) is 6.66. The Morgan fingerprint density at radius 2 is 1.60 bits per heavy atom. The van der Waals surface area contributed by atoms with Crippen LogP contribution in [0.25, 0.3) is 0 Å². The summed E-state index contributed by atoms with van der Waals surface area (Å²) in [5.74, 6) is -4.79. The first-order valence-electron chi connectivity index (χ1n) is 4.21. The van der Waals surface area contributed by atoms with Crippen molar-refractivity contribution in [1.29, 1.82) is 0 Å². The zero-order valence-corrected chi connectivity index (χ0v) is 8.85. The predicted molar refractivity (Wildman–Crippen MR) is 48.4 cm³/mol. The molecule has 0 aliphatic carbocycles. The lowest BCUT2D eigenvalue weighted by molar-refractivity contribution is -0.287. The first kappa shape index (κ1) is 12.4. The molecule has 0 bridgehead atoms. The Hall–Kier alpha value is -0.650. The number of hydrogen-bond donors (Lipinski definition) is 0. The molecule has 1 aromatic rings. The van der Waals surface area contributed by atoms with Crippen molar-refractivity contribution in [2.75, 3.05) is 0 Å². The van der Waals surface area contributed by atoms with Gasteiger partial charge in [-0.2, -0.15) is 22.0 Å². The van der Waals surface area contributed by atoms with Crippen molar-refractivity contribution in [3.8, 4) is 0 Å². The third-order valence-corrected chi connectivity index (χ3v) is 3.32. The molecule has 0 N–H and O–H groups in total. The van der Waals surface area contributed by atoms with Crippen LogP contribution in [0.5, 0.6) is 0 Å². The van der Waals surface area contributed by atoms with Gasteiger partial charge >= 0.3 is 12.1 Å². The topological polar surface area (TPSA) is 0 Å². The Labute approximate surface area is 87.7 Å². The van der Waals surface area contributed by atoms with Crippen molar-refractivity contribution in [3.63, 3.8) is 0 Å². The van der Waals surface area contributed by atoms with E-state index in [1.807, 2.05) is 0 Å². The Kier molecular flexibility index (Phi) is 3.09. The van der Waals surface area contributed by atoms with Gasteiger partial charge in [-0.25, -0.2) is 0 Å². The minimum Gasteiger partial charge on any atom is -0.190 e. The van der Waals surface area contributed by atoms with Crippen molar-refractivity contribution in [2.45, 2.75) is 31.9 Å². The van der Waals surface area contributed by atoms with E-state index in [1.54, 1.807) is 13.8 Å². The highest BCUT2D eigenvalue weighted by atomic mass is 32.1. The maximum Gasteiger partial charge on any atom is 0.458 e. The van der Waals surface area contributed by atoms with Gasteiger partial charge in [0.15, 0.2) is 0 Å². The Morgan fingerprint density at radius 3 is 1.93 bits per heavy atom. The van der Waals surface area contributed by atoms with Gasteiger partial charge < -0.3 is 0 Å². The molecule has 0 saturated carbocycles. The molecule has 1 heterocycles. The van der Waals surface area contributed by atoms with Gasteiger partial charge in [-0.05, 0) is 18.1 Å². The molecular weight excluding hydrogens is 235 g/mol. The summed E-state index contributed by atoms with van der Waals surface area (Å²) in [7, 11) is 0. The van der Waals surface area contributed by atoms with Crippen molar-refractivity contribution in [2.24, 2.45) is 0 Å². The van der Waals surface area contributed by atoms with Crippen molar-refractivity contribution in [3.05, 3.63) is 21.9 Å². The first-order valence-corrected chi connectivity index (χ1v) is 5.02. The minimum atomic E-state index is -5.52. The standard InChI is InChI=1S/C9H9F5S/c1-5(2)6-3-4-7(15-6)8(10,11)9(12,13)14/h3-5H,1-2H3. The average Bonchev–Trinajstić information content (AvgIpc) is 2.49. The highest BCUT2D eigenvalue weighted by Crippen LogP contribution is 2.46. The minimum absolute atomic E-state index is 0.0483. The molecule has 0 amide bonds. The number of hydrogen-bond acceptors (Lipinski definition) is 1. The van der Waals surface area contributed by atoms with Crippen LogP contribution in [0, 0.1) is 0 Å². The van der Waals surface area contributed by atoms with Gasteiger partial charge in [-0.3, -0.25) is 0 Å². The zero-order chi connectivity index (χ0) is 11.9. The second-order valence-electron chi connectivity index (χ2n) is 3.43. The molecule has 0 radical (unpaired) electrons. The van der Waals surface area contributed by atoms with Crippen molar-refractivity contribution >= 4 is 11.3 Å². The highest BCUT2D eigenvalue weighted by Gasteiger charge is 2.59. The van der Waals surface area contributed by atoms with Crippen LogP contribution in [-0.4, -0.2) is 6.18 Å². The van der Waals surface area contributed by atoms with Crippen molar-refractivity contribution < 1.29 is 22.0 Å². The fourth-order valence-electron chi connectivity index (χ4n) is 0.972. The van der Waals surface area contributed by atoms with E-state index in [0.29, 0.717) is 16.2 Å². The van der Waals surface area contributed by atoms with E-state index in [1.165, 1.54) is 6.07 Å². The summed E-state index contributed by atoms with van der Waals surface area (Å²) < 4.78 is 61.6. The molecule has 86 valence electrons. The van der Waals surface area contributed by atoms with E-state index < -0.39 is 17.0 Å². The summed E-state index contributed by atoms with van der Waals surface area (Å²) in [4.78, 5) is -0.423. The second-order valence-corrected chi connectivity index (χ2v) is 4.54. The number of rotatable bonds is 2. The van der Waals surface area contributed by atoms with E-state index >= 15 is 0 Å². The van der Waals surface area contributed by atoms with Gasteiger partial charge in [0.25, 0.3) is 0 Å². The lowest BCUT2D eigenvalue weighted by Crippen LogP contribution is -2.32. The third kappa shape index (κ3) is 2.30. The molecule has 0 fully saturated rings. The molecular formula is C9H9F5S. The van der Waals surface area contributed by atoms with E-state index in [9.17, 15) is 22.0 Å². The number of alkyl halides is 5. The molecule has 0 unspecified atom stereocenters. The normalized spacial score (nSPS) is 13.6. The molecule has 1 aromatic heterocycles. The quantitative estimate of drug-likeness (QED) is 0.671. The summed E-state index contributed by atoms with van der Waals surface area (Å²) in [6.45, 7) is 3.47. The molecule has 6 heteroatoms. The molecule has 0 saturated heterocycles. The zero-order valence-electron chi connectivity index (χ0n) is 8.03. The molecule has 0 aliphatic rings. The third-order valence-electron chi connectivity index (χ3n) is 1.86. The highest BCUT2D eigenvalue weighted by molar-refractivity contribution is 7.12. The monoisotopic (exact) mass is 244 g/mol. The maximum atomic E-state index is 12.8. The summed E-state index contributed by atoms with van der Waals surface area (Å²) in [6.07, 6.45) is -5.52. The summed E-state index contributed by atoms with van der Waals surface area (Å²) in [5.41, 5.74) is 0. The van der Waals surface area contributed by atoms with Crippen LogP contribution < -0.4 is 0 Å². The summed E-state index contributed by atoms with van der Waals surface area (Å²) in [5, 5.41) is 0. The SMILES string of the molecule is CC(C)c1ccc(C(F)(F)C(F)(F)F)s1. The molecule has 0 nitrogen and oxygen atoms in total. The van der Waals surface area contributed by atoms with Gasteiger partial charge in [-0.15, -0.1) is 11.3 Å². The molecule has 15 heavy (non-hydrogen) atoms. The molecule has 0 atom stereocenters. The molecule has 1 rings (SSSR count). The van der Waals surface area contributed by atoms with Crippen LogP contribution in [0.1, 0.15) is 29.5 Å². The number of halogens is 5. The van der Waals surface area contributed by atoms with Crippen molar-refractivity contribution in [1.82, 2.24) is 0 Å². The fraction of sp³-hybridized carbons (Fsp3) is 0.556. The average molecular weight is 244 g/mol. The van der Waals surface area contributed by atoms with E-state index in [0.717, 1.165) is 6.07 Å². The van der Waals surface area contributed by atoms with Crippen LogP contribution in [0.3, 0.4) is 0 Å². The van der Waals surface area contributed by atoms with E-state index in [-0.39, 0.29) is 5.92 Å². The van der Waals surface area contributed by atoms with Gasteiger partial charge in [0.1, 0.15) is 0 Å². The Morgan fingerprint density at radius 1 is 1.07 bits per heavy atom. The lowest BCUT2D eigenvalue weighted by Gasteiger charge is -2.17. The molecule has 0 aromatic carbocycles. The van der Waals surface area contributed by atoms with Crippen LogP contribution in [-0.2, 0) is 5.92 Å². The maximum absolute atomic E-state index is 12.8. The van der Waals surface area contributed by atoms with Crippen LogP contribution >= 0.6 is 11.3 Å². The van der Waals surface area contributed by atoms with Gasteiger partial charge in [0, 0.05) is 4.88 Å². The Bertz CT molecular complexity index is 337. The van der Waals surface area contributed by atoms with Crippen LogP contribution in [0.2, 0.25) is 0 Å². The molecule has 0 aliphatic heterocycles. The van der Waals surface area contributed by atoms with Gasteiger partial charge in [-0.1, -0.05) is 13.8 Å².